The molecule has 0 spiro atoms. The Hall–Kier alpha value is -2.15. The fourth-order valence-corrected chi connectivity index (χ4v) is 2.52. The minimum atomic E-state index is -0.468. The summed E-state index contributed by atoms with van der Waals surface area (Å²) >= 11 is 1.21. The molecule has 0 aliphatic carbocycles. The van der Waals surface area contributed by atoms with Crippen LogP contribution < -0.4 is 10.6 Å². The summed E-state index contributed by atoms with van der Waals surface area (Å²) in [4.78, 5) is 23.6. The molecule has 0 saturated carbocycles. The van der Waals surface area contributed by atoms with Gasteiger partial charge < -0.3 is 10.6 Å². The van der Waals surface area contributed by atoms with Crippen LogP contribution in [0.2, 0.25) is 0 Å². The number of nitrogens with one attached hydrogen (secondary N) is 2. The Bertz CT molecular complexity index is 557. The number of amidine groups is 1. The molecule has 0 radical (unpaired) electrons. The maximum absolute atomic E-state index is 11.9. The largest absolute Gasteiger partial charge is 0.326 e. The Labute approximate surface area is 120 Å². The molecule has 6 nitrogen and oxygen atoms in total. The van der Waals surface area contributed by atoms with E-state index in [1.54, 1.807) is 19.1 Å². The molecule has 104 valence electrons. The molecule has 1 heterocycles. The number of anilines is 1. The predicted molar refractivity (Wildman–Crippen MR) is 80.8 cm³/mol. The lowest BCUT2D eigenvalue weighted by Crippen LogP contribution is -2.28. The van der Waals surface area contributed by atoms with E-state index in [9.17, 15) is 9.59 Å². The summed E-state index contributed by atoms with van der Waals surface area (Å²) in [6, 6.07) is 9.12. The summed E-state index contributed by atoms with van der Waals surface area (Å²) in [5, 5.41) is 12.8. The van der Waals surface area contributed by atoms with Gasteiger partial charge in [0, 0.05) is 18.3 Å². The van der Waals surface area contributed by atoms with Gasteiger partial charge in [0.2, 0.25) is 11.8 Å². The van der Waals surface area contributed by atoms with Gasteiger partial charge in [0.05, 0.1) is 0 Å². The molecule has 1 aliphatic rings. The zero-order chi connectivity index (χ0) is 14.4. The van der Waals surface area contributed by atoms with Crippen molar-refractivity contribution < 1.29 is 9.59 Å². The van der Waals surface area contributed by atoms with Crippen LogP contribution in [-0.4, -0.2) is 28.4 Å². The fourth-order valence-electron chi connectivity index (χ4n) is 1.60. The highest BCUT2D eigenvalue weighted by atomic mass is 32.2. The van der Waals surface area contributed by atoms with E-state index in [0.717, 1.165) is 0 Å². The topological polar surface area (TPSA) is 82.9 Å². The number of amides is 2. The van der Waals surface area contributed by atoms with Crippen molar-refractivity contribution in [3.8, 4) is 0 Å². The molecular formula is C13H14N4O2S. The van der Waals surface area contributed by atoms with Crippen molar-refractivity contribution in [1.29, 1.82) is 0 Å². The summed E-state index contributed by atoms with van der Waals surface area (Å²) in [6.07, 6.45) is 1.62. The molecule has 1 unspecified atom stereocenters. The zero-order valence-corrected chi connectivity index (χ0v) is 11.7. The number of hydrogen-bond acceptors (Lipinski definition) is 5. The molecule has 1 atom stereocenters. The van der Waals surface area contributed by atoms with E-state index in [-0.39, 0.29) is 18.2 Å². The van der Waals surface area contributed by atoms with E-state index in [1.807, 2.05) is 18.2 Å². The lowest BCUT2D eigenvalue weighted by Gasteiger charge is -2.06. The van der Waals surface area contributed by atoms with Crippen LogP contribution in [0.15, 0.2) is 40.5 Å². The number of carbonyl (C=O) groups excluding carboxylic acids is 2. The summed E-state index contributed by atoms with van der Waals surface area (Å²) < 4.78 is 0. The second-order valence-electron chi connectivity index (χ2n) is 3.99. The van der Waals surface area contributed by atoms with Crippen molar-refractivity contribution in [2.45, 2.75) is 18.6 Å². The van der Waals surface area contributed by atoms with E-state index >= 15 is 0 Å². The molecule has 0 aromatic heterocycles. The smallest absolute Gasteiger partial charge is 0.240 e. The van der Waals surface area contributed by atoms with Crippen molar-refractivity contribution in [1.82, 2.24) is 5.32 Å². The summed E-state index contributed by atoms with van der Waals surface area (Å²) in [6.45, 7) is 1.73. The monoisotopic (exact) mass is 290 g/mol. The van der Waals surface area contributed by atoms with E-state index in [0.29, 0.717) is 10.9 Å². The number of thioether (sulfide) groups is 1. The highest BCUT2D eigenvalue weighted by Gasteiger charge is 2.32. The van der Waals surface area contributed by atoms with Gasteiger partial charge in [-0.15, -0.1) is 5.10 Å². The summed E-state index contributed by atoms with van der Waals surface area (Å²) in [5.41, 5.74) is 0.713. The second-order valence-corrected chi connectivity index (χ2v) is 5.18. The van der Waals surface area contributed by atoms with Crippen LogP contribution in [-0.2, 0) is 9.59 Å². The maximum atomic E-state index is 11.9. The first-order valence-electron chi connectivity index (χ1n) is 6.07. The van der Waals surface area contributed by atoms with Gasteiger partial charge in [0.25, 0.3) is 0 Å². The van der Waals surface area contributed by atoms with E-state index in [1.165, 1.54) is 18.0 Å². The fraction of sp³-hybridized carbons (Fsp3) is 0.231. The third-order valence-electron chi connectivity index (χ3n) is 2.47. The van der Waals surface area contributed by atoms with Crippen molar-refractivity contribution in [2.24, 2.45) is 10.2 Å². The Balaban J connectivity index is 1.90. The molecule has 1 aromatic carbocycles. The van der Waals surface area contributed by atoms with Crippen LogP contribution in [0.5, 0.6) is 0 Å². The van der Waals surface area contributed by atoms with Gasteiger partial charge in [-0.05, 0) is 19.1 Å². The van der Waals surface area contributed by atoms with Crippen LogP contribution in [0.1, 0.15) is 13.3 Å². The third kappa shape index (κ3) is 3.92. The minimum Gasteiger partial charge on any atom is -0.326 e. The molecule has 1 aromatic rings. The Kier molecular flexibility index (Phi) is 4.89. The highest BCUT2D eigenvalue weighted by Crippen LogP contribution is 2.23. The number of para-hydroxylation sites is 1. The van der Waals surface area contributed by atoms with Gasteiger partial charge in [-0.2, -0.15) is 5.10 Å². The lowest BCUT2D eigenvalue weighted by molar-refractivity contribution is -0.122. The van der Waals surface area contributed by atoms with Gasteiger partial charge in [-0.25, -0.2) is 0 Å². The molecule has 2 rings (SSSR count). The average molecular weight is 290 g/mol. The molecule has 0 bridgehead atoms. The Morgan fingerprint density at radius 1 is 1.45 bits per heavy atom. The number of carbonyl (C=O) groups is 2. The van der Waals surface area contributed by atoms with Gasteiger partial charge in [0.15, 0.2) is 5.17 Å². The predicted octanol–water partition coefficient (Wildman–Crippen LogP) is 1.61. The Morgan fingerprint density at radius 3 is 2.90 bits per heavy atom. The standard InChI is InChI=1S/C13H14N4O2S/c1-2-14-17-13-16-12(19)10(20-13)8-11(18)15-9-6-4-3-5-7-9/h2-7,10H,8H2,1H3,(H,15,18)(H,16,17,19)/b14-2+. The number of benzene rings is 1. The number of hydrogen-bond donors (Lipinski definition) is 2. The van der Waals surface area contributed by atoms with Crippen molar-refractivity contribution >= 4 is 40.6 Å². The molecule has 2 amide bonds. The first-order chi connectivity index (χ1) is 9.69. The first kappa shape index (κ1) is 14.3. The van der Waals surface area contributed by atoms with Crippen LogP contribution in [0, 0.1) is 0 Å². The normalized spacial score (nSPS) is 20.4. The highest BCUT2D eigenvalue weighted by molar-refractivity contribution is 8.15. The average Bonchev–Trinajstić information content (AvgIpc) is 2.78. The molecule has 2 N–H and O–H groups in total. The maximum Gasteiger partial charge on any atom is 0.240 e. The number of nitrogens with zero attached hydrogens (tertiary/aromatic N) is 2. The van der Waals surface area contributed by atoms with Crippen LogP contribution in [0.4, 0.5) is 5.69 Å². The molecular weight excluding hydrogens is 276 g/mol. The summed E-state index contributed by atoms with van der Waals surface area (Å²) in [5.74, 6) is -0.424. The number of rotatable bonds is 4. The molecule has 20 heavy (non-hydrogen) atoms. The molecule has 1 aliphatic heterocycles. The van der Waals surface area contributed by atoms with Crippen LogP contribution in [0.25, 0.3) is 0 Å². The van der Waals surface area contributed by atoms with Crippen LogP contribution in [0.3, 0.4) is 0 Å². The SMILES string of the molecule is C/C=N/N=C1/NC(=O)C(CC(=O)Nc2ccccc2)S1. The first-order valence-corrected chi connectivity index (χ1v) is 6.95. The minimum absolute atomic E-state index is 0.0975. The Morgan fingerprint density at radius 2 is 2.20 bits per heavy atom. The van der Waals surface area contributed by atoms with Gasteiger partial charge >= 0.3 is 0 Å². The van der Waals surface area contributed by atoms with Gasteiger partial charge in [0.1, 0.15) is 5.25 Å². The zero-order valence-electron chi connectivity index (χ0n) is 10.9. The van der Waals surface area contributed by atoms with Crippen molar-refractivity contribution in [3.63, 3.8) is 0 Å². The van der Waals surface area contributed by atoms with Gasteiger partial charge in [-0.1, -0.05) is 30.0 Å². The van der Waals surface area contributed by atoms with Crippen LogP contribution >= 0.6 is 11.8 Å². The summed E-state index contributed by atoms with van der Waals surface area (Å²) in [7, 11) is 0. The van der Waals surface area contributed by atoms with Gasteiger partial charge in [-0.3, -0.25) is 9.59 Å². The van der Waals surface area contributed by atoms with Crippen molar-refractivity contribution in [2.75, 3.05) is 5.32 Å². The molecule has 1 fully saturated rings. The third-order valence-corrected chi connectivity index (χ3v) is 3.54. The molecule has 7 heteroatoms. The molecule has 1 saturated heterocycles. The quantitative estimate of drug-likeness (QED) is 0.653. The van der Waals surface area contributed by atoms with E-state index in [2.05, 4.69) is 20.8 Å². The van der Waals surface area contributed by atoms with E-state index in [4.69, 9.17) is 0 Å². The second kappa shape index (κ2) is 6.85. The lowest BCUT2D eigenvalue weighted by atomic mass is 10.2. The van der Waals surface area contributed by atoms with Crippen molar-refractivity contribution in [3.05, 3.63) is 30.3 Å². The van der Waals surface area contributed by atoms with E-state index < -0.39 is 5.25 Å².